The van der Waals surface area contributed by atoms with Crippen molar-refractivity contribution in [3.8, 4) is 0 Å². The summed E-state index contributed by atoms with van der Waals surface area (Å²) in [4.78, 5) is 0. The molecule has 0 saturated heterocycles. The molecule has 0 saturated carbocycles. The number of nitrogens with one attached hydrogen (secondary N) is 1. The lowest BCUT2D eigenvalue weighted by Gasteiger charge is -2.20. The molecular weight excluding hydrogens is 222 g/mol. The molecule has 18 heavy (non-hydrogen) atoms. The molecule has 0 aliphatic heterocycles. The van der Waals surface area contributed by atoms with Crippen LogP contribution in [-0.2, 0) is 4.74 Å². The van der Waals surface area contributed by atoms with Gasteiger partial charge in [0.2, 0.25) is 0 Å². The van der Waals surface area contributed by atoms with Gasteiger partial charge in [0.1, 0.15) is 0 Å². The van der Waals surface area contributed by atoms with E-state index >= 15 is 0 Å². The second-order valence-corrected chi connectivity index (χ2v) is 4.73. The van der Waals surface area contributed by atoms with E-state index in [1.807, 2.05) is 7.05 Å². The fourth-order valence-electron chi connectivity index (χ4n) is 2.27. The SMILES string of the molecule is CNC(CC(C)OC)c1ccc2ccccc2c1. The van der Waals surface area contributed by atoms with E-state index in [1.54, 1.807) is 7.11 Å². The molecule has 2 unspecified atom stereocenters. The first kappa shape index (κ1) is 13.1. The lowest BCUT2D eigenvalue weighted by Crippen LogP contribution is -2.21. The maximum atomic E-state index is 5.35. The van der Waals surface area contributed by atoms with Crippen LogP contribution in [-0.4, -0.2) is 20.3 Å². The predicted octanol–water partition coefficient (Wildman–Crippen LogP) is 3.53. The molecule has 1 N–H and O–H groups in total. The highest BCUT2D eigenvalue weighted by molar-refractivity contribution is 5.83. The Morgan fingerprint density at radius 3 is 2.50 bits per heavy atom. The molecule has 0 bridgehead atoms. The molecule has 0 spiro atoms. The van der Waals surface area contributed by atoms with Crippen molar-refractivity contribution in [1.82, 2.24) is 5.32 Å². The van der Waals surface area contributed by atoms with Crippen molar-refractivity contribution in [1.29, 1.82) is 0 Å². The number of fused-ring (bicyclic) bond motifs is 1. The van der Waals surface area contributed by atoms with Gasteiger partial charge in [-0.25, -0.2) is 0 Å². The second-order valence-electron chi connectivity index (χ2n) is 4.73. The van der Waals surface area contributed by atoms with Crippen molar-refractivity contribution >= 4 is 10.8 Å². The zero-order chi connectivity index (χ0) is 13.0. The van der Waals surface area contributed by atoms with Crippen LogP contribution in [0.2, 0.25) is 0 Å². The van der Waals surface area contributed by atoms with E-state index in [9.17, 15) is 0 Å². The third-order valence-electron chi connectivity index (χ3n) is 3.49. The molecule has 0 fully saturated rings. The van der Waals surface area contributed by atoms with Crippen molar-refractivity contribution in [3.05, 3.63) is 48.0 Å². The molecule has 2 aromatic rings. The summed E-state index contributed by atoms with van der Waals surface area (Å²) >= 11 is 0. The van der Waals surface area contributed by atoms with Gasteiger partial charge in [0, 0.05) is 13.2 Å². The van der Waals surface area contributed by atoms with Gasteiger partial charge in [0.15, 0.2) is 0 Å². The van der Waals surface area contributed by atoms with E-state index in [4.69, 9.17) is 4.74 Å². The summed E-state index contributed by atoms with van der Waals surface area (Å²) in [6, 6.07) is 15.4. The zero-order valence-corrected chi connectivity index (χ0v) is 11.3. The number of benzene rings is 2. The molecular formula is C16H21NO. The Kier molecular flexibility index (Phi) is 4.34. The van der Waals surface area contributed by atoms with Gasteiger partial charge in [-0.15, -0.1) is 0 Å². The van der Waals surface area contributed by atoms with E-state index < -0.39 is 0 Å². The number of hydrogen-bond acceptors (Lipinski definition) is 2. The van der Waals surface area contributed by atoms with Crippen molar-refractivity contribution in [2.24, 2.45) is 0 Å². The largest absolute Gasteiger partial charge is 0.382 e. The van der Waals surface area contributed by atoms with Crippen LogP contribution in [0.1, 0.15) is 24.9 Å². The Hall–Kier alpha value is -1.38. The van der Waals surface area contributed by atoms with Crippen LogP contribution in [0.15, 0.2) is 42.5 Å². The molecule has 2 nitrogen and oxygen atoms in total. The molecule has 96 valence electrons. The highest BCUT2D eigenvalue weighted by Gasteiger charge is 2.13. The summed E-state index contributed by atoms with van der Waals surface area (Å²) in [6.45, 7) is 2.10. The molecule has 0 aromatic heterocycles. The average molecular weight is 243 g/mol. The van der Waals surface area contributed by atoms with Crippen LogP contribution >= 0.6 is 0 Å². The fourth-order valence-corrected chi connectivity index (χ4v) is 2.27. The monoisotopic (exact) mass is 243 g/mol. The van der Waals surface area contributed by atoms with Gasteiger partial charge >= 0.3 is 0 Å². The molecule has 2 heteroatoms. The summed E-state index contributed by atoms with van der Waals surface area (Å²) in [6.07, 6.45) is 1.24. The van der Waals surface area contributed by atoms with Gasteiger partial charge in [-0.1, -0.05) is 36.4 Å². The van der Waals surface area contributed by atoms with Gasteiger partial charge in [0.25, 0.3) is 0 Å². The maximum Gasteiger partial charge on any atom is 0.0561 e. The average Bonchev–Trinajstić information content (AvgIpc) is 2.44. The smallest absolute Gasteiger partial charge is 0.0561 e. The molecule has 2 aromatic carbocycles. The summed E-state index contributed by atoms with van der Waals surface area (Å²) in [5.74, 6) is 0. The Bertz CT molecular complexity index is 509. The van der Waals surface area contributed by atoms with Crippen molar-refractivity contribution in [2.45, 2.75) is 25.5 Å². The number of rotatable bonds is 5. The molecule has 0 heterocycles. The van der Waals surface area contributed by atoms with Crippen molar-refractivity contribution in [2.75, 3.05) is 14.2 Å². The zero-order valence-electron chi connectivity index (χ0n) is 11.3. The number of methoxy groups -OCH3 is 1. The van der Waals surface area contributed by atoms with E-state index in [-0.39, 0.29) is 6.10 Å². The third-order valence-corrected chi connectivity index (χ3v) is 3.49. The first-order valence-corrected chi connectivity index (χ1v) is 6.43. The second kappa shape index (κ2) is 5.98. The van der Waals surface area contributed by atoms with Gasteiger partial charge < -0.3 is 10.1 Å². The normalized spacial score (nSPS) is 14.6. The third kappa shape index (κ3) is 2.89. The van der Waals surface area contributed by atoms with Crippen LogP contribution in [0.5, 0.6) is 0 Å². The first-order chi connectivity index (χ1) is 8.74. The molecule has 2 atom stereocenters. The molecule has 0 aliphatic carbocycles. The van der Waals surface area contributed by atoms with Crippen molar-refractivity contribution < 1.29 is 4.74 Å². The Balaban J connectivity index is 2.27. The molecule has 0 radical (unpaired) electrons. The summed E-state index contributed by atoms with van der Waals surface area (Å²) in [7, 11) is 3.76. The minimum Gasteiger partial charge on any atom is -0.382 e. The maximum absolute atomic E-state index is 5.35. The van der Waals surface area contributed by atoms with Gasteiger partial charge in [-0.3, -0.25) is 0 Å². The lowest BCUT2D eigenvalue weighted by atomic mass is 9.98. The Labute approximate surface area is 109 Å². The fraction of sp³-hybridized carbons (Fsp3) is 0.375. The number of ether oxygens (including phenoxy) is 1. The van der Waals surface area contributed by atoms with E-state index in [1.165, 1.54) is 16.3 Å². The van der Waals surface area contributed by atoms with E-state index in [2.05, 4.69) is 54.7 Å². The Morgan fingerprint density at radius 2 is 1.83 bits per heavy atom. The van der Waals surface area contributed by atoms with E-state index in [0.29, 0.717) is 6.04 Å². The lowest BCUT2D eigenvalue weighted by molar-refractivity contribution is 0.101. The Morgan fingerprint density at radius 1 is 1.11 bits per heavy atom. The number of hydrogen-bond donors (Lipinski definition) is 1. The topological polar surface area (TPSA) is 21.3 Å². The molecule has 0 amide bonds. The van der Waals surface area contributed by atoms with Crippen LogP contribution in [0, 0.1) is 0 Å². The van der Waals surface area contributed by atoms with Crippen LogP contribution in [0.25, 0.3) is 10.8 Å². The minimum atomic E-state index is 0.258. The van der Waals surface area contributed by atoms with Crippen LogP contribution in [0.3, 0.4) is 0 Å². The van der Waals surface area contributed by atoms with Crippen molar-refractivity contribution in [3.63, 3.8) is 0 Å². The predicted molar refractivity (Wildman–Crippen MR) is 76.8 cm³/mol. The minimum absolute atomic E-state index is 0.258. The first-order valence-electron chi connectivity index (χ1n) is 6.43. The van der Waals surface area contributed by atoms with Crippen LogP contribution < -0.4 is 5.32 Å². The summed E-state index contributed by atoms with van der Waals surface area (Å²) in [5.41, 5.74) is 1.32. The molecule has 2 rings (SSSR count). The summed E-state index contributed by atoms with van der Waals surface area (Å²) < 4.78 is 5.35. The summed E-state index contributed by atoms with van der Waals surface area (Å²) in [5, 5.41) is 5.95. The molecule has 0 aliphatic rings. The van der Waals surface area contributed by atoms with Gasteiger partial charge in [-0.05, 0) is 42.8 Å². The van der Waals surface area contributed by atoms with E-state index in [0.717, 1.165) is 6.42 Å². The van der Waals surface area contributed by atoms with Crippen LogP contribution in [0.4, 0.5) is 0 Å². The van der Waals surface area contributed by atoms with Gasteiger partial charge in [-0.2, -0.15) is 0 Å². The quantitative estimate of drug-likeness (QED) is 0.867. The highest BCUT2D eigenvalue weighted by Crippen LogP contribution is 2.23. The standard InChI is InChI=1S/C16H21NO/c1-12(18-3)10-16(17-2)15-9-8-13-6-4-5-7-14(13)11-15/h4-9,11-12,16-17H,10H2,1-3H3. The van der Waals surface area contributed by atoms with Gasteiger partial charge in [0.05, 0.1) is 6.10 Å². The highest BCUT2D eigenvalue weighted by atomic mass is 16.5.